The Morgan fingerprint density at radius 3 is 2.51 bits per heavy atom. The highest BCUT2D eigenvalue weighted by atomic mass is 32.1. The average molecular weight is 567 g/mol. The lowest BCUT2D eigenvalue weighted by molar-refractivity contribution is 0.0553. The Morgan fingerprint density at radius 1 is 1.00 bits per heavy atom. The zero-order valence-corrected chi connectivity index (χ0v) is 24.6. The van der Waals surface area contributed by atoms with Crippen LogP contribution in [0.15, 0.2) is 66.0 Å². The monoisotopic (exact) mass is 566 g/mol. The lowest BCUT2D eigenvalue weighted by atomic mass is 9.96. The van der Waals surface area contributed by atoms with Gasteiger partial charge in [-0.1, -0.05) is 35.4 Å². The molecule has 210 valence electrons. The third-order valence-corrected chi connectivity index (χ3v) is 7.85. The maximum absolute atomic E-state index is 9.93. The molecular weight excluding hydrogens is 532 g/mol. The Morgan fingerprint density at radius 2 is 1.80 bits per heavy atom. The number of nitrogens with zero attached hydrogens (tertiary/aromatic N) is 3. The van der Waals surface area contributed by atoms with Crippen LogP contribution in [0.5, 0.6) is 11.5 Å². The van der Waals surface area contributed by atoms with E-state index in [9.17, 15) is 5.11 Å². The molecule has 3 aromatic carbocycles. The van der Waals surface area contributed by atoms with Gasteiger partial charge in [0.25, 0.3) is 0 Å². The molecule has 41 heavy (non-hydrogen) atoms. The average Bonchev–Trinajstić information content (AvgIpc) is 3.61. The Kier molecular flexibility index (Phi) is 8.67. The molecule has 5 aromatic rings. The summed E-state index contributed by atoms with van der Waals surface area (Å²) in [4.78, 5) is 0. The maximum Gasteiger partial charge on any atom is 0.176 e. The van der Waals surface area contributed by atoms with Crippen molar-refractivity contribution in [1.82, 2.24) is 20.6 Å². The minimum absolute atomic E-state index is 0.0113. The van der Waals surface area contributed by atoms with Crippen molar-refractivity contribution in [3.63, 3.8) is 0 Å². The molecule has 0 bridgehead atoms. The van der Waals surface area contributed by atoms with Gasteiger partial charge in [0.2, 0.25) is 0 Å². The summed E-state index contributed by atoms with van der Waals surface area (Å²) in [5.41, 5.74) is 5.01. The number of nitrogens with one attached hydrogen (secondary N) is 1. The Hall–Kier alpha value is -4.19. The summed E-state index contributed by atoms with van der Waals surface area (Å²) < 4.78 is 13.3. The molecule has 0 aliphatic rings. The molecule has 0 fully saturated rings. The SMILES string of the molecule is CC#CC(Cc1nn[nH]n1)c1ccc(OCc2ccc3scc(-c4ccc(OCCC(C)(C)O)cc4C)c3c2)cc1. The summed E-state index contributed by atoms with van der Waals surface area (Å²) in [6, 6.07) is 20.8. The molecule has 2 aromatic heterocycles. The third kappa shape index (κ3) is 7.31. The second-order valence-electron chi connectivity index (χ2n) is 10.7. The van der Waals surface area contributed by atoms with Crippen LogP contribution in [0, 0.1) is 18.8 Å². The predicted molar refractivity (Wildman–Crippen MR) is 163 cm³/mol. The van der Waals surface area contributed by atoms with Gasteiger partial charge in [-0.15, -0.1) is 27.5 Å². The smallest absolute Gasteiger partial charge is 0.176 e. The fourth-order valence-corrected chi connectivity index (χ4v) is 5.60. The van der Waals surface area contributed by atoms with Gasteiger partial charge in [0, 0.05) is 28.5 Å². The van der Waals surface area contributed by atoms with Crippen molar-refractivity contribution in [2.75, 3.05) is 6.61 Å². The van der Waals surface area contributed by atoms with Gasteiger partial charge in [0.15, 0.2) is 5.82 Å². The zero-order chi connectivity index (χ0) is 28.8. The lowest BCUT2D eigenvalue weighted by Crippen LogP contribution is -2.21. The van der Waals surface area contributed by atoms with Crippen LogP contribution in [-0.4, -0.2) is 37.9 Å². The number of thiophene rings is 1. The third-order valence-electron chi connectivity index (χ3n) is 6.89. The maximum atomic E-state index is 9.93. The molecule has 0 aliphatic heterocycles. The predicted octanol–water partition coefficient (Wildman–Crippen LogP) is 6.86. The Labute approximate surface area is 244 Å². The molecule has 0 spiro atoms. The number of aromatic amines is 1. The van der Waals surface area contributed by atoms with E-state index in [4.69, 9.17) is 9.47 Å². The van der Waals surface area contributed by atoms with Crippen LogP contribution in [0.25, 0.3) is 21.2 Å². The van der Waals surface area contributed by atoms with E-state index in [0.717, 1.165) is 28.2 Å². The fraction of sp³-hybridized carbons (Fsp3) is 0.303. The van der Waals surface area contributed by atoms with Crippen LogP contribution < -0.4 is 9.47 Å². The molecule has 8 heteroatoms. The molecule has 0 radical (unpaired) electrons. The van der Waals surface area contributed by atoms with Crippen molar-refractivity contribution >= 4 is 21.4 Å². The van der Waals surface area contributed by atoms with E-state index in [2.05, 4.69) is 75.1 Å². The van der Waals surface area contributed by atoms with E-state index in [1.165, 1.54) is 21.2 Å². The van der Waals surface area contributed by atoms with Crippen molar-refractivity contribution in [3.8, 4) is 34.5 Å². The molecule has 0 saturated heterocycles. The van der Waals surface area contributed by atoms with E-state index < -0.39 is 5.60 Å². The van der Waals surface area contributed by atoms with Crippen LogP contribution in [-0.2, 0) is 13.0 Å². The highest BCUT2D eigenvalue weighted by Gasteiger charge is 2.15. The van der Waals surface area contributed by atoms with E-state index in [1.807, 2.05) is 37.3 Å². The number of H-pyrrole nitrogens is 1. The standard InChI is InChI=1S/C33H34N4O3S/c1-5-6-25(19-32-34-36-37-35-32)24-8-10-26(11-9-24)40-20-23-7-14-31-29(18-23)30(21-41-31)28-13-12-27(17-22(28)2)39-16-15-33(3,4)38/h7-14,17-18,21,25,38H,15-16,19-20H2,1-4H3,(H,34,35,36,37). The molecule has 5 rings (SSSR count). The van der Waals surface area contributed by atoms with Crippen LogP contribution >= 0.6 is 11.3 Å². The zero-order valence-electron chi connectivity index (χ0n) is 23.8. The Balaban J connectivity index is 1.26. The number of hydrogen-bond donors (Lipinski definition) is 2. The normalized spacial score (nSPS) is 12.1. The summed E-state index contributed by atoms with van der Waals surface area (Å²) in [5.74, 6) is 8.50. The van der Waals surface area contributed by atoms with Crippen molar-refractivity contribution in [2.24, 2.45) is 0 Å². The number of benzene rings is 3. The molecule has 0 amide bonds. The van der Waals surface area contributed by atoms with Crippen LogP contribution in [0.1, 0.15) is 55.6 Å². The van der Waals surface area contributed by atoms with E-state index in [-0.39, 0.29) is 5.92 Å². The van der Waals surface area contributed by atoms with Crippen molar-refractivity contribution in [2.45, 2.75) is 58.7 Å². The summed E-state index contributed by atoms with van der Waals surface area (Å²) >= 11 is 1.75. The van der Waals surface area contributed by atoms with Gasteiger partial charge in [-0.05, 0) is 91.7 Å². The topological polar surface area (TPSA) is 93.2 Å². The molecule has 0 saturated carbocycles. The summed E-state index contributed by atoms with van der Waals surface area (Å²) in [6.45, 7) is 8.48. The van der Waals surface area contributed by atoms with Gasteiger partial charge in [-0.2, -0.15) is 5.21 Å². The number of aromatic nitrogens is 4. The highest BCUT2D eigenvalue weighted by Crippen LogP contribution is 2.37. The van der Waals surface area contributed by atoms with Crippen molar-refractivity contribution in [1.29, 1.82) is 0 Å². The van der Waals surface area contributed by atoms with E-state index >= 15 is 0 Å². The second kappa shape index (κ2) is 12.5. The first-order valence-electron chi connectivity index (χ1n) is 13.6. The molecule has 7 nitrogen and oxygen atoms in total. The number of fused-ring (bicyclic) bond motifs is 1. The van der Waals surface area contributed by atoms with Gasteiger partial charge >= 0.3 is 0 Å². The first-order chi connectivity index (χ1) is 19.8. The van der Waals surface area contributed by atoms with Gasteiger partial charge < -0.3 is 14.6 Å². The fourth-order valence-electron chi connectivity index (χ4n) is 4.66. The van der Waals surface area contributed by atoms with Crippen LogP contribution in [0.2, 0.25) is 0 Å². The van der Waals surface area contributed by atoms with Crippen molar-refractivity contribution in [3.05, 3.63) is 88.6 Å². The number of rotatable bonds is 11. The van der Waals surface area contributed by atoms with Gasteiger partial charge in [0.1, 0.15) is 18.1 Å². The first-order valence-corrected chi connectivity index (χ1v) is 14.5. The minimum atomic E-state index is -0.737. The molecule has 1 atom stereocenters. The number of ether oxygens (including phenoxy) is 2. The molecule has 1 unspecified atom stereocenters. The number of tetrazole rings is 1. The quantitative estimate of drug-likeness (QED) is 0.170. The van der Waals surface area contributed by atoms with Crippen molar-refractivity contribution < 1.29 is 14.6 Å². The summed E-state index contributed by atoms with van der Waals surface area (Å²) in [6.07, 6.45) is 1.17. The number of aliphatic hydroxyl groups is 1. The molecule has 0 aliphatic carbocycles. The molecule has 2 heterocycles. The minimum Gasteiger partial charge on any atom is -0.493 e. The largest absolute Gasteiger partial charge is 0.493 e. The number of aryl methyl sites for hydroxylation is 1. The van der Waals surface area contributed by atoms with Gasteiger partial charge in [-0.3, -0.25) is 0 Å². The highest BCUT2D eigenvalue weighted by molar-refractivity contribution is 7.17. The van der Waals surface area contributed by atoms with E-state index in [0.29, 0.717) is 31.9 Å². The van der Waals surface area contributed by atoms with Gasteiger partial charge in [-0.25, -0.2) is 0 Å². The molecular formula is C33H34N4O3S. The first kappa shape index (κ1) is 28.3. The Bertz CT molecular complexity index is 1660. The van der Waals surface area contributed by atoms with Crippen LogP contribution in [0.4, 0.5) is 0 Å². The summed E-state index contributed by atoms with van der Waals surface area (Å²) in [7, 11) is 0. The van der Waals surface area contributed by atoms with Gasteiger partial charge in [0.05, 0.1) is 18.1 Å². The summed E-state index contributed by atoms with van der Waals surface area (Å²) in [5, 5.41) is 27.6. The number of hydrogen-bond acceptors (Lipinski definition) is 7. The molecule has 2 N–H and O–H groups in total. The second-order valence-corrected chi connectivity index (χ2v) is 11.6. The lowest BCUT2D eigenvalue weighted by Gasteiger charge is -2.17. The van der Waals surface area contributed by atoms with E-state index in [1.54, 1.807) is 25.2 Å². The van der Waals surface area contributed by atoms with Crippen LogP contribution in [0.3, 0.4) is 0 Å².